The minimum atomic E-state index is -1.68. The molecule has 0 amide bonds. The van der Waals surface area contributed by atoms with E-state index in [0.717, 1.165) is 12.1 Å². The number of hydrogen-bond acceptors (Lipinski definition) is 5. The fourth-order valence-corrected chi connectivity index (χ4v) is 1.64. The first-order chi connectivity index (χ1) is 8.93. The van der Waals surface area contributed by atoms with Gasteiger partial charge in [-0.3, -0.25) is 0 Å². The molecule has 0 saturated carbocycles. The van der Waals surface area contributed by atoms with Crippen LogP contribution in [-0.2, 0) is 0 Å². The summed E-state index contributed by atoms with van der Waals surface area (Å²) in [5, 5.41) is 37.1. The van der Waals surface area contributed by atoms with Crippen molar-refractivity contribution in [3.05, 3.63) is 29.6 Å². The zero-order valence-electron chi connectivity index (χ0n) is 9.59. The number of fused-ring (bicyclic) bond motifs is 1. The van der Waals surface area contributed by atoms with Crippen molar-refractivity contribution in [3.8, 4) is 0 Å². The van der Waals surface area contributed by atoms with Gasteiger partial charge in [-0.25, -0.2) is 13.8 Å². The number of imidazole rings is 1. The number of aliphatic hydroxyl groups is 4. The maximum Gasteiger partial charge on any atom is 0.161 e. The zero-order chi connectivity index (χ0) is 14.2. The molecule has 2 rings (SSSR count). The van der Waals surface area contributed by atoms with E-state index < -0.39 is 36.6 Å². The summed E-state index contributed by atoms with van der Waals surface area (Å²) in [5.74, 6) is -2.33. The predicted molar refractivity (Wildman–Crippen MR) is 60.1 cm³/mol. The molecule has 8 heteroatoms. The molecule has 2 unspecified atom stereocenters. The Bertz CT molecular complexity index is 550. The normalized spacial score (nSPS) is 16.5. The highest BCUT2D eigenvalue weighted by atomic mass is 19.2. The van der Waals surface area contributed by atoms with Gasteiger partial charge >= 0.3 is 0 Å². The Morgan fingerprint density at radius 1 is 1.16 bits per heavy atom. The molecule has 104 valence electrons. The second-order valence-corrected chi connectivity index (χ2v) is 4.09. The predicted octanol–water partition coefficient (Wildman–Crippen LogP) is -0.411. The molecule has 0 fully saturated rings. The number of aromatic nitrogens is 2. The molecule has 19 heavy (non-hydrogen) atoms. The van der Waals surface area contributed by atoms with Gasteiger partial charge in [0.15, 0.2) is 11.6 Å². The van der Waals surface area contributed by atoms with Crippen LogP contribution in [-0.4, -0.2) is 49.2 Å². The van der Waals surface area contributed by atoms with E-state index >= 15 is 0 Å². The molecule has 1 heterocycles. The SMILES string of the molecule is OCC(O)C(O)[C@H](O)c1nc2cc(F)c(F)cc2[nH]1. The van der Waals surface area contributed by atoms with Crippen LogP contribution in [0.15, 0.2) is 12.1 Å². The smallest absolute Gasteiger partial charge is 0.161 e. The van der Waals surface area contributed by atoms with E-state index in [9.17, 15) is 24.1 Å². The first kappa shape index (κ1) is 13.8. The molecule has 0 aliphatic rings. The average Bonchev–Trinajstić information content (AvgIpc) is 2.79. The number of aliphatic hydroxyl groups excluding tert-OH is 4. The molecule has 2 aromatic rings. The van der Waals surface area contributed by atoms with Crippen LogP contribution in [0.4, 0.5) is 8.78 Å². The maximum absolute atomic E-state index is 13.0. The van der Waals surface area contributed by atoms with Gasteiger partial charge in [0.05, 0.1) is 17.6 Å². The third kappa shape index (κ3) is 2.56. The average molecular weight is 274 g/mol. The third-order valence-corrected chi connectivity index (χ3v) is 2.73. The van der Waals surface area contributed by atoms with Gasteiger partial charge in [-0.15, -0.1) is 0 Å². The van der Waals surface area contributed by atoms with Crippen LogP contribution in [0, 0.1) is 11.6 Å². The Balaban J connectivity index is 2.35. The van der Waals surface area contributed by atoms with E-state index in [0.29, 0.717) is 0 Å². The lowest BCUT2D eigenvalue weighted by Crippen LogP contribution is -2.35. The Labute approximate surface area is 106 Å². The van der Waals surface area contributed by atoms with Crippen molar-refractivity contribution < 1.29 is 29.2 Å². The van der Waals surface area contributed by atoms with E-state index in [1.165, 1.54) is 0 Å². The Morgan fingerprint density at radius 2 is 1.79 bits per heavy atom. The van der Waals surface area contributed by atoms with Crippen LogP contribution in [0.2, 0.25) is 0 Å². The number of aromatic amines is 1. The number of benzene rings is 1. The fraction of sp³-hybridized carbons (Fsp3) is 0.364. The van der Waals surface area contributed by atoms with Gasteiger partial charge in [0, 0.05) is 12.1 Å². The van der Waals surface area contributed by atoms with E-state index in [-0.39, 0.29) is 16.9 Å². The Morgan fingerprint density at radius 3 is 2.42 bits per heavy atom. The minimum Gasteiger partial charge on any atom is -0.394 e. The van der Waals surface area contributed by atoms with Crippen LogP contribution in [0.3, 0.4) is 0 Å². The standard InChI is InChI=1S/C11H12F2N2O4/c12-4-1-6-7(2-5(4)13)15-11(14-6)10(19)9(18)8(17)3-16/h1-2,8-10,16-19H,3H2,(H,14,15)/t8?,9?,10-/m0/s1. The zero-order valence-corrected chi connectivity index (χ0v) is 9.59. The first-order valence-electron chi connectivity index (χ1n) is 5.43. The van der Waals surface area contributed by atoms with Crippen LogP contribution in [0.1, 0.15) is 11.9 Å². The molecule has 1 aromatic carbocycles. The molecule has 5 N–H and O–H groups in total. The number of nitrogens with zero attached hydrogens (tertiary/aromatic N) is 1. The van der Waals surface area contributed by atoms with E-state index in [4.69, 9.17) is 5.11 Å². The molecule has 6 nitrogen and oxygen atoms in total. The number of halogens is 2. The molecule has 0 spiro atoms. The third-order valence-electron chi connectivity index (χ3n) is 2.73. The van der Waals surface area contributed by atoms with Crippen LogP contribution in [0.25, 0.3) is 11.0 Å². The number of hydrogen-bond donors (Lipinski definition) is 5. The van der Waals surface area contributed by atoms with Gasteiger partial charge in [-0.05, 0) is 0 Å². The highest BCUT2D eigenvalue weighted by Gasteiger charge is 2.28. The summed E-state index contributed by atoms with van der Waals surface area (Å²) >= 11 is 0. The van der Waals surface area contributed by atoms with Gasteiger partial charge in [-0.1, -0.05) is 0 Å². The van der Waals surface area contributed by atoms with Crippen LogP contribution >= 0.6 is 0 Å². The van der Waals surface area contributed by atoms with Crippen molar-refractivity contribution in [3.63, 3.8) is 0 Å². The number of nitrogens with one attached hydrogen (secondary N) is 1. The molecule has 0 radical (unpaired) electrons. The van der Waals surface area contributed by atoms with Crippen molar-refractivity contribution in [2.24, 2.45) is 0 Å². The molecular weight excluding hydrogens is 262 g/mol. The van der Waals surface area contributed by atoms with Gasteiger partial charge in [0.2, 0.25) is 0 Å². The largest absolute Gasteiger partial charge is 0.394 e. The van der Waals surface area contributed by atoms with Crippen molar-refractivity contribution >= 4 is 11.0 Å². The summed E-state index contributed by atoms with van der Waals surface area (Å²) in [7, 11) is 0. The first-order valence-corrected chi connectivity index (χ1v) is 5.43. The van der Waals surface area contributed by atoms with Gasteiger partial charge < -0.3 is 25.4 Å². The highest BCUT2D eigenvalue weighted by Crippen LogP contribution is 2.22. The molecule has 0 aliphatic carbocycles. The summed E-state index contributed by atoms with van der Waals surface area (Å²) in [6, 6.07) is 1.70. The lowest BCUT2D eigenvalue weighted by molar-refractivity contribution is -0.0800. The van der Waals surface area contributed by atoms with Crippen molar-refractivity contribution in [1.82, 2.24) is 9.97 Å². The van der Waals surface area contributed by atoms with Crippen molar-refractivity contribution in [2.45, 2.75) is 18.3 Å². The molecule has 1 aromatic heterocycles. The van der Waals surface area contributed by atoms with Crippen molar-refractivity contribution in [1.29, 1.82) is 0 Å². The fourth-order valence-electron chi connectivity index (χ4n) is 1.64. The summed E-state index contributed by atoms with van der Waals surface area (Å²) in [4.78, 5) is 6.29. The molecule has 0 bridgehead atoms. The molecule has 3 atom stereocenters. The molecule has 0 saturated heterocycles. The van der Waals surface area contributed by atoms with Gasteiger partial charge in [-0.2, -0.15) is 0 Å². The van der Waals surface area contributed by atoms with Gasteiger partial charge in [0.25, 0.3) is 0 Å². The second kappa shape index (κ2) is 5.17. The number of rotatable bonds is 4. The lowest BCUT2D eigenvalue weighted by Gasteiger charge is -2.19. The second-order valence-electron chi connectivity index (χ2n) is 4.09. The topological polar surface area (TPSA) is 110 Å². The van der Waals surface area contributed by atoms with Crippen LogP contribution < -0.4 is 0 Å². The quantitative estimate of drug-likeness (QED) is 0.520. The summed E-state index contributed by atoms with van der Waals surface area (Å²) in [6.45, 7) is -0.748. The molecule has 0 aliphatic heterocycles. The van der Waals surface area contributed by atoms with E-state index in [1.54, 1.807) is 0 Å². The highest BCUT2D eigenvalue weighted by molar-refractivity contribution is 5.75. The Hall–Kier alpha value is -1.61. The summed E-state index contributed by atoms with van der Waals surface area (Å²) in [5.41, 5.74) is 0.206. The monoisotopic (exact) mass is 274 g/mol. The summed E-state index contributed by atoms with van der Waals surface area (Å²) in [6.07, 6.45) is -4.86. The Kier molecular flexibility index (Phi) is 3.76. The van der Waals surface area contributed by atoms with Gasteiger partial charge in [0.1, 0.15) is 24.1 Å². The van der Waals surface area contributed by atoms with E-state index in [1.807, 2.05) is 0 Å². The van der Waals surface area contributed by atoms with Crippen molar-refractivity contribution in [2.75, 3.05) is 6.61 Å². The minimum absolute atomic E-state index is 0.0682. The lowest BCUT2D eigenvalue weighted by atomic mass is 10.1. The summed E-state index contributed by atoms with van der Waals surface area (Å²) < 4.78 is 26.0. The molecular formula is C11H12F2N2O4. The number of H-pyrrole nitrogens is 1. The maximum atomic E-state index is 13.0. The van der Waals surface area contributed by atoms with Crippen LogP contribution in [0.5, 0.6) is 0 Å². The van der Waals surface area contributed by atoms with E-state index in [2.05, 4.69) is 9.97 Å².